The molecule has 1 atom stereocenters. The van der Waals surface area contributed by atoms with E-state index in [9.17, 15) is 15.0 Å². The van der Waals surface area contributed by atoms with Crippen LogP contribution in [-0.4, -0.2) is 51.8 Å². The molecule has 0 fully saturated rings. The van der Waals surface area contributed by atoms with Crippen LogP contribution >= 0.6 is 0 Å². The van der Waals surface area contributed by atoms with Crippen LogP contribution in [0.1, 0.15) is 37.5 Å². The maximum Gasteiger partial charge on any atom is 0.320 e. The smallest absolute Gasteiger partial charge is 0.320 e. The van der Waals surface area contributed by atoms with Gasteiger partial charge in [-0.25, -0.2) is 0 Å². The van der Waals surface area contributed by atoms with Gasteiger partial charge in [0.2, 0.25) is 0 Å². The van der Waals surface area contributed by atoms with Gasteiger partial charge in [-0.3, -0.25) is 14.8 Å². The minimum Gasteiger partial charge on any atom is -0.507 e. The predicted octanol–water partition coefficient (Wildman–Crippen LogP) is 4.66. The standard InChI is InChI=1S/C18H20N2O2.C10H13NO2.Co/c1-13(15-7-3-5-9-17(15)21)19-11-12-20-14(2)16-8-4-6-10-18(16)22;1-8(10(12)13)11-7-9-5-3-2-4-6-9;/h3-10,21-22H,11-12H2,1-2H3;2-6,8,11H,7H2,1H3,(H,12,13);. The van der Waals surface area contributed by atoms with Gasteiger partial charge in [0, 0.05) is 45.9 Å². The molecule has 0 saturated carbocycles. The van der Waals surface area contributed by atoms with Gasteiger partial charge in [0.05, 0.1) is 13.1 Å². The number of hydrogen-bond acceptors (Lipinski definition) is 6. The molecule has 1 radical (unpaired) electrons. The van der Waals surface area contributed by atoms with E-state index in [4.69, 9.17) is 5.11 Å². The largest absolute Gasteiger partial charge is 0.507 e. The number of phenols is 2. The van der Waals surface area contributed by atoms with Crippen LogP contribution in [0.3, 0.4) is 0 Å². The van der Waals surface area contributed by atoms with Crippen molar-refractivity contribution < 1.29 is 36.9 Å². The Morgan fingerprint density at radius 1 is 0.778 bits per heavy atom. The molecule has 0 heterocycles. The minimum atomic E-state index is -0.823. The second-order valence-corrected chi connectivity index (χ2v) is 7.89. The normalized spacial score (nSPS) is 12.1. The number of aliphatic carboxylic acids is 1. The van der Waals surface area contributed by atoms with Crippen molar-refractivity contribution in [2.24, 2.45) is 9.98 Å². The van der Waals surface area contributed by atoms with Crippen LogP contribution in [0.5, 0.6) is 11.5 Å². The van der Waals surface area contributed by atoms with Crippen molar-refractivity contribution in [2.75, 3.05) is 13.1 Å². The molecule has 4 N–H and O–H groups in total. The molecule has 3 rings (SSSR count). The van der Waals surface area contributed by atoms with Crippen LogP contribution in [-0.2, 0) is 28.1 Å². The van der Waals surface area contributed by atoms with Crippen LogP contribution in [0.2, 0.25) is 0 Å². The van der Waals surface area contributed by atoms with Crippen LogP contribution in [0.25, 0.3) is 0 Å². The van der Waals surface area contributed by atoms with E-state index in [2.05, 4.69) is 15.3 Å². The Hall–Kier alpha value is -3.46. The quantitative estimate of drug-likeness (QED) is 0.236. The number of aliphatic imine (C=N–C) groups is 2. The fraction of sp³-hybridized carbons (Fsp3) is 0.250. The van der Waals surface area contributed by atoms with E-state index in [1.54, 1.807) is 31.2 Å². The van der Waals surface area contributed by atoms with Crippen molar-refractivity contribution >= 4 is 17.4 Å². The van der Waals surface area contributed by atoms with Crippen molar-refractivity contribution in [3.8, 4) is 11.5 Å². The summed E-state index contributed by atoms with van der Waals surface area (Å²) < 4.78 is 0. The number of phenolic OH excluding ortho intramolecular Hbond substituents is 2. The molecule has 193 valence electrons. The first-order chi connectivity index (χ1) is 16.8. The molecule has 0 aliphatic rings. The first-order valence-electron chi connectivity index (χ1n) is 11.4. The minimum absolute atomic E-state index is 0. The Morgan fingerprint density at radius 3 is 1.61 bits per heavy atom. The van der Waals surface area contributed by atoms with Crippen LogP contribution < -0.4 is 5.32 Å². The molecule has 0 aliphatic heterocycles. The summed E-state index contributed by atoms with van der Waals surface area (Å²) in [7, 11) is 0. The Balaban J connectivity index is 0.000000397. The SMILES string of the molecule is CC(=NCCN=C(C)c1ccccc1O)c1ccccc1O.CC(NCc1ccccc1)C(=O)O.[Co]. The van der Waals surface area contributed by atoms with Gasteiger partial charge in [-0.05, 0) is 50.6 Å². The fourth-order valence-electron chi connectivity index (χ4n) is 3.12. The Labute approximate surface area is 222 Å². The predicted molar refractivity (Wildman–Crippen MR) is 141 cm³/mol. The molecule has 0 spiro atoms. The van der Waals surface area contributed by atoms with Crippen LogP contribution in [0, 0.1) is 0 Å². The zero-order chi connectivity index (χ0) is 25.6. The van der Waals surface area contributed by atoms with E-state index >= 15 is 0 Å². The van der Waals surface area contributed by atoms with E-state index in [0.717, 1.165) is 28.1 Å². The van der Waals surface area contributed by atoms with Gasteiger partial charge in [-0.1, -0.05) is 54.6 Å². The second-order valence-electron chi connectivity index (χ2n) is 7.89. The van der Waals surface area contributed by atoms with E-state index < -0.39 is 12.0 Å². The zero-order valence-electron chi connectivity index (χ0n) is 20.7. The van der Waals surface area contributed by atoms with Crippen molar-refractivity contribution in [1.82, 2.24) is 5.32 Å². The van der Waals surface area contributed by atoms with Gasteiger partial charge in [0.1, 0.15) is 17.5 Å². The number of rotatable bonds is 9. The molecule has 0 amide bonds. The Bertz CT molecular complexity index is 1090. The molecule has 0 aliphatic carbocycles. The zero-order valence-corrected chi connectivity index (χ0v) is 21.7. The molecule has 0 saturated heterocycles. The Kier molecular flexibility index (Phi) is 13.8. The summed E-state index contributed by atoms with van der Waals surface area (Å²) in [6, 6.07) is 23.5. The first kappa shape index (κ1) is 30.6. The third kappa shape index (κ3) is 10.4. The van der Waals surface area contributed by atoms with E-state index in [1.807, 2.05) is 68.4 Å². The average molecular weight is 535 g/mol. The van der Waals surface area contributed by atoms with Crippen molar-refractivity contribution in [2.45, 2.75) is 33.4 Å². The number of nitrogens with one attached hydrogen (secondary N) is 1. The number of aromatic hydroxyl groups is 2. The summed E-state index contributed by atoms with van der Waals surface area (Å²) in [5.74, 6) is -0.355. The first-order valence-corrected chi connectivity index (χ1v) is 11.4. The molecular weight excluding hydrogens is 501 g/mol. The van der Waals surface area contributed by atoms with Crippen LogP contribution in [0.4, 0.5) is 0 Å². The topological polar surface area (TPSA) is 115 Å². The summed E-state index contributed by atoms with van der Waals surface area (Å²) in [4.78, 5) is 19.3. The van der Waals surface area contributed by atoms with Gasteiger partial charge in [0.25, 0.3) is 0 Å². The monoisotopic (exact) mass is 534 g/mol. The third-order valence-corrected chi connectivity index (χ3v) is 5.21. The summed E-state index contributed by atoms with van der Waals surface area (Å²) in [5, 5.41) is 31.0. The molecule has 0 aromatic heterocycles. The van der Waals surface area contributed by atoms with Crippen molar-refractivity contribution in [1.29, 1.82) is 0 Å². The van der Waals surface area contributed by atoms with E-state index in [1.165, 1.54) is 0 Å². The Morgan fingerprint density at radius 2 is 1.19 bits per heavy atom. The van der Waals surface area contributed by atoms with Crippen LogP contribution in [0.15, 0.2) is 88.8 Å². The third-order valence-electron chi connectivity index (χ3n) is 5.21. The number of carboxylic acids is 1. The molecule has 0 bridgehead atoms. The molecule has 1 unspecified atom stereocenters. The number of para-hydroxylation sites is 2. The van der Waals surface area contributed by atoms with Gasteiger partial charge in [-0.15, -0.1) is 0 Å². The van der Waals surface area contributed by atoms with Gasteiger partial charge >= 0.3 is 5.97 Å². The summed E-state index contributed by atoms with van der Waals surface area (Å²) in [5.41, 5.74) is 4.14. The number of carbonyl (C=O) groups is 1. The maximum absolute atomic E-state index is 10.5. The van der Waals surface area contributed by atoms with E-state index in [0.29, 0.717) is 19.6 Å². The molecule has 3 aromatic rings. The summed E-state index contributed by atoms with van der Waals surface area (Å²) in [6.45, 7) is 7.03. The van der Waals surface area contributed by atoms with Crippen molar-refractivity contribution in [3.05, 3.63) is 95.6 Å². The van der Waals surface area contributed by atoms with Gasteiger partial charge in [-0.2, -0.15) is 0 Å². The molecule has 8 heteroatoms. The van der Waals surface area contributed by atoms with Gasteiger partial charge < -0.3 is 20.6 Å². The van der Waals surface area contributed by atoms with E-state index in [-0.39, 0.29) is 28.3 Å². The molecular formula is C28H33CoN3O4. The molecule has 36 heavy (non-hydrogen) atoms. The maximum atomic E-state index is 10.5. The molecule has 3 aromatic carbocycles. The summed E-state index contributed by atoms with van der Waals surface area (Å²) >= 11 is 0. The number of hydrogen-bond donors (Lipinski definition) is 4. The summed E-state index contributed by atoms with van der Waals surface area (Å²) in [6.07, 6.45) is 0. The van der Waals surface area contributed by atoms with Gasteiger partial charge in [0.15, 0.2) is 0 Å². The number of nitrogens with zero attached hydrogens (tertiary/aromatic N) is 2. The second kappa shape index (κ2) is 16.3. The fourth-order valence-corrected chi connectivity index (χ4v) is 3.12. The van der Waals surface area contributed by atoms with Crippen molar-refractivity contribution in [3.63, 3.8) is 0 Å². The molecule has 7 nitrogen and oxygen atoms in total. The average Bonchev–Trinajstić information content (AvgIpc) is 2.86. The number of benzene rings is 3. The number of carboxylic acid groups (broad SMARTS) is 1.